The number of hydrogen-bond donors (Lipinski definition) is 0. The van der Waals surface area contributed by atoms with Crippen molar-refractivity contribution in [2.24, 2.45) is 0 Å². The molecule has 0 aliphatic heterocycles. The molecule has 0 saturated carbocycles. The van der Waals surface area contributed by atoms with Crippen molar-refractivity contribution < 1.29 is 18.0 Å². The average Bonchev–Trinajstić information content (AvgIpc) is 2.64. The standard InChI is InChI=1S/C12H8F2O2/c1-7-5-6-16-12(7)11(15)10-8(13)3-2-4-9(10)14/h2-6H,1H3. The second-order valence-electron chi connectivity index (χ2n) is 3.36. The smallest absolute Gasteiger partial charge is 0.234 e. The molecular formula is C12H8F2O2. The number of aryl methyl sites for hydroxylation is 1. The largest absolute Gasteiger partial charge is 0.461 e. The minimum Gasteiger partial charge on any atom is -0.461 e. The first-order valence-electron chi connectivity index (χ1n) is 4.64. The van der Waals surface area contributed by atoms with Crippen molar-refractivity contribution in [3.05, 3.63) is 59.1 Å². The Balaban J connectivity index is 2.54. The monoisotopic (exact) mass is 222 g/mol. The van der Waals surface area contributed by atoms with Gasteiger partial charge in [-0.1, -0.05) is 6.07 Å². The third-order valence-corrected chi connectivity index (χ3v) is 2.26. The van der Waals surface area contributed by atoms with Crippen molar-refractivity contribution in [3.8, 4) is 0 Å². The molecule has 2 rings (SSSR count). The molecule has 1 heterocycles. The van der Waals surface area contributed by atoms with E-state index in [-0.39, 0.29) is 5.76 Å². The van der Waals surface area contributed by atoms with E-state index in [2.05, 4.69) is 0 Å². The van der Waals surface area contributed by atoms with Gasteiger partial charge in [0.2, 0.25) is 5.78 Å². The fourth-order valence-electron chi connectivity index (χ4n) is 1.43. The van der Waals surface area contributed by atoms with Crippen molar-refractivity contribution in [2.75, 3.05) is 0 Å². The van der Waals surface area contributed by atoms with Gasteiger partial charge in [0.15, 0.2) is 5.76 Å². The van der Waals surface area contributed by atoms with E-state index < -0.39 is 23.0 Å². The van der Waals surface area contributed by atoms with Crippen molar-refractivity contribution >= 4 is 5.78 Å². The van der Waals surface area contributed by atoms with Gasteiger partial charge in [-0.05, 0) is 30.7 Å². The molecule has 16 heavy (non-hydrogen) atoms. The molecule has 0 radical (unpaired) electrons. The van der Waals surface area contributed by atoms with Crippen LogP contribution in [0, 0.1) is 18.6 Å². The Morgan fingerprint density at radius 2 is 1.81 bits per heavy atom. The van der Waals surface area contributed by atoms with E-state index in [9.17, 15) is 13.6 Å². The molecule has 0 bridgehead atoms. The molecule has 0 saturated heterocycles. The van der Waals surface area contributed by atoms with Crippen LogP contribution in [0.3, 0.4) is 0 Å². The van der Waals surface area contributed by atoms with Crippen molar-refractivity contribution in [1.82, 2.24) is 0 Å². The quantitative estimate of drug-likeness (QED) is 0.731. The van der Waals surface area contributed by atoms with Crippen molar-refractivity contribution in [3.63, 3.8) is 0 Å². The van der Waals surface area contributed by atoms with Crippen LogP contribution >= 0.6 is 0 Å². The van der Waals surface area contributed by atoms with E-state index in [1.807, 2.05) is 0 Å². The van der Waals surface area contributed by atoms with Crippen LogP contribution in [0.25, 0.3) is 0 Å². The molecule has 0 aliphatic rings. The van der Waals surface area contributed by atoms with E-state index in [4.69, 9.17) is 4.42 Å². The number of rotatable bonds is 2. The second-order valence-corrected chi connectivity index (χ2v) is 3.36. The van der Waals surface area contributed by atoms with Gasteiger partial charge in [0, 0.05) is 0 Å². The maximum absolute atomic E-state index is 13.3. The van der Waals surface area contributed by atoms with Crippen LogP contribution in [0.5, 0.6) is 0 Å². The van der Waals surface area contributed by atoms with Crippen molar-refractivity contribution in [1.29, 1.82) is 0 Å². The minimum absolute atomic E-state index is 0.0380. The Hall–Kier alpha value is -1.97. The summed E-state index contributed by atoms with van der Waals surface area (Å²) in [5, 5.41) is 0. The Labute approximate surface area is 90.5 Å². The zero-order valence-corrected chi connectivity index (χ0v) is 8.46. The summed E-state index contributed by atoms with van der Waals surface area (Å²) in [6.45, 7) is 1.63. The maximum atomic E-state index is 13.3. The van der Waals surface area contributed by atoms with Gasteiger partial charge in [-0.15, -0.1) is 0 Å². The number of hydrogen-bond acceptors (Lipinski definition) is 2. The number of halogens is 2. The van der Waals surface area contributed by atoms with Crippen LogP contribution < -0.4 is 0 Å². The lowest BCUT2D eigenvalue weighted by atomic mass is 10.1. The third-order valence-electron chi connectivity index (χ3n) is 2.26. The van der Waals surface area contributed by atoms with Crippen LogP contribution in [0.4, 0.5) is 8.78 Å². The lowest BCUT2D eigenvalue weighted by molar-refractivity contribution is 0.100. The fraction of sp³-hybridized carbons (Fsp3) is 0.0833. The lowest BCUT2D eigenvalue weighted by Gasteiger charge is -2.02. The Morgan fingerprint density at radius 1 is 1.19 bits per heavy atom. The van der Waals surface area contributed by atoms with Crippen LogP contribution in [-0.2, 0) is 0 Å². The third kappa shape index (κ3) is 1.62. The molecule has 0 fully saturated rings. The number of furan rings is 1. The SMILES string of the molecule is Cc1ccoc1C(=O)c1c(F)cccc1F. The summed E-state index contributed by atoms with van der Waals surface area (Å²) in [7, 11) is 0. The molecule has 0 spiro atoms. The minimum atomic E-state index is -0.888. The molecular weight excluding hydrogens is 214 g/mol. The average molecular weight is 222 g/mol. The fourth-order valence-corrected chi connectivity index (χ4v) is 1.43. The van der Waals surface area contributed by atoms with Gasteiger partial charge in [-0.25, -0.2) is 8.78 Å². The van der Waals surface area contributed by atoms with Gasteiger partial charge < -0.3 is 4.42 Å². The maximum Gasteiger partial charge on any atom is 0.234 e. The summed E-state index contributed by atoms with van der Waals surface area (Å²) in [6.07, 6.45) is 1.31. The summed E-state index contributed by atoms with van der Waals surface area (Å²) in [5.41, 5.74) is -0.0341. The zero-order valence-electron chi connectivity index (χ0n) is 8.46. The van der Waals surface area contributed by atoms with Crippen LogP contribution in [-0.4, -0.2) is 5.78 Å². The van der Waals surface area contributed by atoms with Gasteiger partial charge in [-0.2, -0.15) is 0 Å². The first-order chi connectivity index (χ1) is 7.61. The summed E-state index contributed by atoms with van der Waals surface area (Å²) >= 11 is 0. The highest BCUT2D eigenvalue weighted by molar-refractivity contribution is 6.08. The van der Waals surface area contributed by atoms with Gasteiger partial charge in [-0.3, -0.25) is 4.79 Å². The molecule has 0 atom stereocenters. The summed E-state index contributed by atoms with van der Waals surface area (Å²) in [6, 6.07) is 4.84. The molecule has 0 amide bonds. The highest BCUT2D eigenvalue weighted by Crippen LogP contribution is 2.19. The van der Waals surface area contributed by atoms with E-state index in [1.165, 1.54) is 12.3 Å². The van der Waals surface area contributed by atoms with Gasteiger partial charge in [0.05, 0.1) is 11.8 Å². The van der Waals surface area contributed by atoms with E-state index in [0.29, 0.717) is 5.56 Å². The van der Waals surface area contributed by atoms with Gasteiger partial charge >= 0.3 is 0 Å². The summed E-state index contributed by atoms with van der Waals surface area (Å²) in [4.78, 5) is 11.8. The van der Waals surface area contributed by atoms with Gasteiger partial charge in [0.1, 0.15) is 11.6 Å². The Bertz CT molecular complexity index is 523. The van der Waals surface area contributed by atoms with Gasteiger partial charge in [0.25, 0.3) is 0 Å². The summed E-state index contributed by atoms with van der Waals surface area (Å²) in [5.74, 6) is -2.59. The first-order valence-corrected chi connectivity index (χ1v) is 4.64. The first kappa shape index (κ1) is 10.5. The topological polar surface area (TPSA) is 30.2 Å². The number of ketones is 1. The Kier molecular flexibility index (Phi) is 2.56. The molecule has 1 aromatic carbocycles. The Morgan fingerprint density at radius 3 is 2.31 bits per heavy atom. The molecule has 0 aliphatic carbocycles. The highest BCUT2D eigenvalue weighted by atomic mass is 19.1. The van der Waals surface area contributed by atoms with E-state index >= 15 is 0 Å². The predicted octanol–water partition coefficient (Wildman–Crippen LogP) is 3.10. The summed E-state index contributed by atoms with van der Waals surface area (Å²) < 4.78 is 31.6. The zero-order chi connectivity index (χ0) is 11.7. The van der Waals surface area contributed by atoms with Crippen LogP contribution in [0.2, 0.25) is 0 Å². The van der Waals surface area contributed by atoms with Crippen molar-refractivity contribution in [2.45, 2.75) is 6.92 Å². The van der Waals surface area contributed by atoms with Crippen LogP contribution in [0.15, 0.2) is 34.9 Å². The molecule has 2 aromatic rings. The van der Waals surface area contributed by atoms with E-state index in [0.717, 1.165) is 12.1 Å². The number of carbonyl (C=O) groups excluding carboxylic acids is 1. The molecule has 4 heteroatoms. The molecule has 2 nitrogen and oxygen atoms in total. The molecule has 1 aromatic heterocycles. The number of carbonyl (C=O) groups is 1. The highest BCUT2D eigenvalue weighted by Gasteiger charge is 2.22. The lowest BCUT2D eigenvalue weighted by Crippen LogP contribution is -2.07. The predicted molar refractivity (Wildman–Crippen MR) is 53.2 cm³/mol. The van der Waals surface area contributed by atoms with E-state index in [1.54, 1.807) is 13.0 Å². The van der Waals surface area contributed by atoms with Crippen LogP contribution in [0.1, 0.15) is 21.7 Å². The number of benzene rings is 1. The molecule has 82 valence electrons. The second kappa shape index (κ2) is 3.89. The normalized spacial score (nSPS) is 10.4. The molecule has 0 unspecified atom stereocenters. The molecule has 0 N–H and O–H groups in total.